The molecule has 0 spiro atoms. The highest BCUT2D eigenvalue weighted by Gasteiger charge is 2.32. The third-order valence-electron chi connectivity index (χ3n) is 7.16. The number of piperidine rings is 1. The molecule has 2 saturated heterocycles. The first kappa shape index (κ1) is 19.7. The molecule has 0 radical (unpaired) electrons. The monoisotopic (exact) mass is 408 g/mol. The van der Waals surface area contributed by atoms with E-state index in [-0.39, 0.29) is 5.92 Å². The van der Waals surface area contributed by atoms with E-state index in [9.17, 15) is 4.79 Å². The molecule has 0 aromatic carbocycles. The van der Waals surface area contributed by atoms with Gasteiger partial charge in [-0.1, -0.05) is 19.3 Å². The lowest BCUT2D eigenvalue weighted by atomic mass is 9.93. The Morgan fingerprint density at radius 2 is 1.67 bits per heavy atom. The van der Waals surface area contributed by atoms with Gasteiger partial charge in [0, 0.05) is 57.7 Å². The fourth-order valence-corrected chi connectivity index (χ4v) is 5.45. The van der Waals surface area contributed by atoms with Crippen LogP contribution in [0.25, 0.3) is 11.2 Å². The van der Waals surface area contributed by atoms with Gasteiger partial charge in [0.05, 0.1) is 17.8 Å². The number of aromatic nitrogens is 3. The highest BCUT2D eigenvalue weighted by Crippen LogP contribution is 2.27. The minimum absolute atomic E-state index is 0.0811. The van der Waals surface area contributed by atoms with Crippen molar-refractivity contribution in [3.8, 4) is 0 Å². The fraction of sp³-hybridized carbons (Fsp3) is 0.652. The van der Waals surface area contributed by atoms with Gasteiger partial charge in [-0.05, 0) is 31.7 Å². The van der Waals surface area contributed by atoms with E-state index in [4.69, 9.17) is 0 Å². The van der Waals surface area contributed by atoms with E-state index in [1.54, 1.807) is 12.4 Å². The first-order valence-corrected chi connectivity index (χ1v) is 11.6. The van der Waals surface area contributed by atoms with E-state index in [1.165, 1.54) is 32.1 Å². The van der Waals surface area contributed by atoms with E-state index in [0.717, 1.165) is 69.4 Å². The van der Waals surface area contributed by atoms with Crippen LogP contribution in [0.1, 0.15) is 44.9 Å². The predicted molar refractivity (Wildman–Crippen MR) is 117 cm³/mol. The van der Waals surface area contributed by atoms with E-state index in [2.05, 4.69) is 29.7 Å². The average Bonchev–Trinajstić information content (AvgIpc) is 2.84. The molecule has 0 N–H and O–H groups in total. The Morgan fingerprint density at radius 1 is 0.867 bits per heavy atom. The molecule has 4 heterocycles. The molecule has 1 aliphatic carbocycles. The number of hydrogen-bond acceptors (Lipinski definition) is 6. The van der Waals surface area contributed by atoms with Gasteiger partial charge in [0.1, 0.15) is 5.52 Å². The summed E-state index contributed by atoms with van der Waals surface area (Å²) in [6, 6.07) is 2.80. The smallest absolute Gasteiger partial charge is 0.227 e. The molecule has 30 heavy (non-hydrogen) atoms. The Labute approximate surface area is 178 Å². The zero-order valence-corrected chi connectivity index (χ0v) is 17.7. The molecule has 7 heteroatoms. The van der Waals surface area contributed by atoms with Crippen LogP contribution in [0.4, 0.5) is 5.69 Å². The summed E-state index contributed by atoms with van der Waals surface area (Å²) in [5, 5.41) is 0. The van der Waals surface area contributed by atoms with Gasteiger partial charge >= 0.3 is 0 Å². The number of rotatable bonds is 3. The largest absolute Gasteiger partial charge is 0.369 e. The summed E-state index contributed by atoms with van der Waals surface area (Å²) in [5.74, 6) is 0.425. The second-order valence-electron chi connectivity index (χ2n) is 9.03. The van der Waals surface area contributed by atoms with Crippen molar-refractivity contribution in [3.63, 3.8) is 0 Å². The topological polar surface area (TPSA) is 65.5 Å². The van der Waals surface area contributed by atoms with Crippen LogP contribution in [0, 0.1) is 5.92 Å². The Kier molecular flexibility index (Phi) is 5.79. The number of piperazine rings is 1. The maximum Gasteiger partial charge on any atom is 0.227 e. The van der Waals surface area contributed by atoms with Crippen LogP contribution >= 0.6 is 0 Å². The Balaban J connectivity index is 1.20. The van der Waals surface area contributed by atoms with Crippen LogP contribution in [0.2, 0.25) is 0 Å². The molecule has 0 bridgehead atoms. The molecule has 1 saturated carbocycles. The molecular formula is C23H32N6O. The van der Waals surface area contributed by atoms with Crippen LogP contribution in [0.5, 0.6) is 0 Å². The van der Waals surface area contributed by atoms with Gasteiger partial charge in [-0.2, -0.15) is 0 Å². The van der Waals surface area contributed by atoms with Gasteiger partial charge in [0.15, 0.2) is 5.65 Å². The molecule has 3 fully saturated rings. The van der Waals surface area contributed by atoms with Gasteiger partial charge in [-0.15, -0.1) is 0 Å². The van der Waals surface area contributed by atoms with Crippen molar-refractivity contribution in [1.29, 1.82) is 0 Å². The fourth-order valence-electron chi connectivity index (χ4n) is 5.45. The van der Waals surface area contributed by atoms with Crippen LogP contribution < -0.4 is 4.90 Å². The summed E-state index contributed by atoms with van der Waals surface area (Å²) in [7, 11) is 0. The highest BCUT2D eigenvalue weighted by atomic mass is 16.2. The van der Waals surface area contributed by atoms with E-state index >= 15 is 0 Å². The molecule has 2 aliphatic heterocycles. The molecule has 2 aromatic heterocycles. The summed E-state index contributed by atoms with van der Waals surface area (Å²) in [6.07, 6.45) is 14.1. The van der Waals surface area contributed by atoms with Crippen molar-refractivity contribution < 1.29 is 4.79 Å². The molecule has 7 nitrogen and oxygen atoms in total. The molecule has 3 aliphatic rings. The van der Waals surface area contributed by atoms with E-state index in [0.29, 0.717) is 11.6 Å². The normalized spacial score (nSPS) is 24.3. The molecule has 1 unspecified atom stereocenters. The summed E-state index contributed by atoms with van der Waals surface area (Å²) in [4.78, 5) is 33.4. The number of carbonyl (C=O) groups excluding carboxylic acids is 1. The van der Waals surface area contributed by atoms with Gasteiger partial charge in [0.2, 0.25) is 5.91 Å². The van der Waals surface area contributed by atoms with Crippen LogP contribution in [-0.4, -0.2) is 76.0 Å². The van der Waals surface area contributed by atoms with Crippen molar-refractivity contribution in [1.82, 2.24) is 24.8 Å². The third kappa shape index (κ3) is 4.13. The maximum atomic E-state index is 13.3. The summed E-state index contributed by atoms with van der Waals surface area (Å²) < 4.78 is 0. The summed E-state index contributed by atoms with van der Waals surface area (Å²) >= 11 is 0. The molecule has 1 atom stereocenters. The zero-order chi connectivity index (χ0) is 20.3. The van der Waals surface area contributed by atoms with Crippen LogP contribution in [0.15, 0.2) is 24.7 Å². The van der Waals surface area contributed by atoms with Gasteiger partial charge in [0.25, 0.3) is 0 Å². The number of nitrogens with zero attached hydrogens (tertiary/aromatic N) is 6. The SMILES string of the molecule is O=C(C1CCCN(c2cnc3nccnc3c2)C1)N1CCN(C2CCCCC2)CC1. The summed E-state index contributed by atoms with van der Waals surface area (Å²) in [6.45, 7) is 5.60. The van der Waals surface area contributed by atoms with Crippen LogP contribution in [0.3, 0.4) is 0 Å². The van der Waals surface area contributed by atoms with Crippen molar-refractivity contribution in [2.75, 3.05) is 44.2 Å². The maximum absolute atomic E-state index is 13.3. The standard InChI is InChI=1S/C23H32N6O/c30-23(28-13-11-27(12-14-28)19-6-2-1-3-7-19)18-5-4-10-29(17-18)20-15-21-22(26-16-20)25-9-8-24-21/h8-9,15-16,18-19H,1-7,10-14,17H2. The Morgan fingerprint density at radius 3 is 2.50 bits per heavy atom. The first-order valence-electron chi connectivity index (χ1n) is 11.6. The Hall–Kier alpha value is -2.28. The predicted octanol–water partition coefficient (Wildman–Crippen LogP) is 2.72. The quantitative estimate of drug-likeness (QED) is 0.778. The zero-order valence-electron chi connectivity index (χ0n) is 17.7. The lowest BCUT2D eigenvalue weighted by molar-refractivity contribution is -0.138. The van der Waals surface area contributed by atoms with E-state index < -0.39 is 0 Å². The minimum Gasteiger partial charge on any atom is -0.369 e. The number of pyridine rings is 1. The average molecular weight is 409 g/mol. The van der Waals surface area contributed by atoms with Gasteiger partial charge < -0.3 is 9.80 Å². The second-order valence-corrected chi connectivity index (χ2v) is 9.03. The van der Waals surface area contributed by atoms with Gasteiger partial charge in [-0.3, -0.25) is 14.7 Å². The summed E-state index contributed by atoms with van der Waals surface area (Å²) in [5.41, 5.74) is 2.52. The number of fused-ring (bicyclic) bond motifs is 1. The number of carbonyl (C=O) groups is 1. The minimum atomic E-state index is 0.0811. The Bertz CT molecular complexity index is 875. The van der Waals surface area contributed by atoms with E-state index in [1.807, 2.05) is 12.3 Å². The highest BCUT2D eigenvalue weighted by molar-refractivity contribution is 5.80. The molecule has 1 amide bonds. The third-order valence-corrected chi connectivity index (χ3v) is 7.16. The van der Waals surface area contributed by atoms with Crippen molar-refractivity contribution in [2.45, 2.75) is 51.0 Å². The second kappa shape index (κ2) is 8.84. The van der Waals surface area contributed by atoms with Gasteiger partial charge in [-0.25, -0.2) is 9.97 Å². The van der Waals surface area contributed by atoms with Crippen molar-refractivity contribution in [2.24, 2.45) is 5.92 Å². The van der Waals surface area contributed by atoms with Crippen molar-refractivity contribution >= 4 is 22.8 Å². The first-order chi connectivity index (χ1) is 14.8. The molecule has 2 aromatic rings. The molecule has 160 valence electrons. The number of hydrogen-bond donors (Lipinski definition) is 0. The van der Waals surface area contributed by atoms with Crippen molar-refractivity contribution in [3.05, 3.63) is 24.7 Å². The van der Waals surface area contributed by atoms with Crippen LogP contribution in [-0.2, 0) is 4.79 Å². The number of anilines is 1. The lowest BCUT2D eigenvalue weighted by Crippen LogP contribution is -2.54. The number of amides is 1. The molecule has 5 rings (SSSR count). The molecular weight excluding hydrogens is 376 g/mol. The lowest BCUT2D eigenvalue weighted by Gasteiger charge is -2.42.